The van der Waals surface area contributed by atoms with Crippen molar-refractivity contribution in [2.45, 2.75) is 32.1 Å². The van der Waals surface area contributed by atoms with Gasteiger partial charge in [-0.2, -0.15) is 0 Å². The van der Waals surface area contributed by atoms with Gasteiger partial charge in [-0.25, -0.2) is 4.98 Å². The molecular formula is C15H14BrN3. The van der Waals surface area contributed by atoms with Crippen molar-refractivity contribution < 1.29 is 0 Å². The average Bonchev–Trinajstić information content (AvgIpc) is 3.19. The first-order valence-corrected chi connectivity index (χ1v) is 7.54. The number of halogens is 1. The van der Waals surface area contributed by atoms with E-state index in [4.69, 9.17) is 9.97 Å². The zero-order valence-electron chi connectivity index (χ0n) is 10.7. The Morgan fingerprint density at radius 2 is 2.16 bits per heavy atom. The Kier molecular flexibility index (Phi) is 2.42. The van der Waals surface area contributed by atoms with Gasteiger partial charge in [0, 0.05) is 12.1 Å². The van der Waals surface area contributed by atoms with E-state index in [0.717, 1.165) is 27.8 Å². The normalized spacial score (nSPS) is 15.5. The Morgan fingerprint density at radius 3 is 2.89 bits per heavy atom. The lowest BCUT2D eigenvalue weighted by Gasteiger charge is -2.07. The lowest BCUT2D eigenvalue weighted by molar-refractivity contribution is 0.949. The zero-order chi connectivity index (χ0) is 13.0. The molecule has 4 rings (SSSR count). The topological polar surface area (TPSA) is 30.2 Å². The minimum Gasteiger partial charge on any atom is -0.298 e. The van der Waals surface area contributed by atoms with Crippen LogP contribution in [0.4, 0.5) is 0 Å². The van der Waals surface area contributed by atoms with Crippen LogP contribution in [0.25, 0.3) is 16.7 Å². The first-order chi connectivity index (χ1) is 9.29. The van der Waals surface area contributed by atoms with Gasteiger partial charge >= 0.3 is 0 Å². The standard InChI is InChI=1S/C15H14BrN3/c1-2-10-14-15(12(16)13(17-10)9-6-7-9)19-8-4-3-5-11(19)18-14/h3-5,8-9H,2,6-7H2,1H3. The molecule has 1 saturated carbocycles. The van der Waals surface area contributed by atoms with Crippen LogP contribution < -0.4 is 0 Å². The molecule has 1 fully saturated rings. The van der Waals surface area contributed by atoms with Crippen LogP contribution in [0.2, 0.25) is 0 Å². The highest BCUT2D eigenvalue weighted by Crippen LogP contribution is 2.44. The maximum Gasteiger partial charge on any atom is 0.138 e. The summed E-state index contributed by atoms with van der Waals surface area (Å²) in [4.78, 5) is 9.59. The summed E-state index contributed by atoms with van der Waals surface area (Å²) in [5.41, 5.74) is 5.52. The average molecular weight is 316 g/mol. The summed E-state index contributed by atoms with van der Waals surface area (Å²) in [5, 5.41) is 0. The summed E-state index contributed by atoms with van der Waals surface area (Å²) in [7, 11) is 0. The quantitative estimate of drug-likeness (QED) is 0.713. The fraction of sp³-hybridized carbons (Fsp3) is 0.333. The first-order valence-electron chi connectivity index (χ1n) is 6.74. The fourth-order valence-corrected chi connectivity index (χ4v) is 3.44. The SMILES string of the molecule is CCc1nc(C2CC2)c(Br)c2c1nc1ccccn12. The molecule has 1 aliphatic rings. The molecule has 0 bridgehead atoms. The third kappa shape index (κ3) is 1.62. The van der Waals surface area contributed by atoms with Crippen molar-refractivity contribution in [3.05, 3.63) is 40.3 Å². The summed E-state index contributed by atoms with van der Waals surface area (Å²) >= 11 is 3.76. The molecule has 96 valence electrons. The van der Waals surface area contributed by atoms with E-state index in [1.807, 2.05) is 18.2 Å². The van der Waals surface area contributed by atoms with E-state index in [9.17, 15) is 0 Å². The number of pyridine rings is 2. The summed E-state index contributed by atoms with van der Waals surface area (Å²) in [5.74, 6) is 0.637. The zero-order valence-corrected chi connectivity index (χ0v) is 12.3. The number of rotatable bonds is 2. The minimum atomic E-state index is 0.637. The summed E-state index contributed by atoms with van der Waals surface area (Å²) in [6.07, 6.45) is 5.52. The van der Waals surface area contributed by atoms with Gasteiger partial charge in [-0.05, 0) is 47.3 Å². The van der Waals surface area contributed by atoms with Crippen LogP contribution in [0, 0.1) is 0 Å². The maximum atomic E-state index is 4.85. The van der Waals surface area contributed by atoms with Gasteiger partial charge in [0.1, 0.15) is 11.2 Å². The summed E-state index contributed by atoms with van der Waals surface area (Å²) < 4.78 is 3.28. The highest BCUT2D eigenvalue weighted by Gasteiger charge is 2.29. The van der Waals surface area contributed by atoms with E-state index in [1.54, 1.807) is 0 Å². The van der Waals surface area contributed by atoms with E-state index in [-0.39, 0.29) is 0 Å². The molecule has 0 N–H and O–H groups in total. The van der Waals surface area contributed by atoms with Crippen LogP contribution in [0.1, 0.15) is 37.1 Å². The molecule has 0 aliphatic heterocycles. The molecule has 0 saturated heterocycles. The highest BCUT2D eigenvalue weighted by molar-refractivity contribution is 9.10. The molecule has 4 heteroatoms. The van der Waals surface area contributed by atoms with Crippen LogP contribution in [0.15, 0.2) is 28.9 Å². The number of aromatic nitrogens is 3. The molecule has 0 unspecified atom stereocenters. The summed E-state index contributed by atoms with van der Waals surface area (Å²) in [6, 6.07) is 6.11. The lowest BCUT2D eigenvalue weighted by atomic mass is 10.2. The van der Waals surface area contributed by atoms with Crippen molar-refractivity contribution in [1.29, 1.82) is 0 Å². The maximum absolute atomic E-state index is 4.85. The molecule has 1 aliphatic carbocycles. The highest BCUT2D eigenvalue weighted by atomic mass is 79.9. The van der Waals surface area contributed by atoms with Gasteiger partial charge in [0.25, 0.3) is 0 Å². The molecule has 3 heterocycles. The van der Waals surface area contributed by atoms with Gasteiger partial charge in [-0.3, -0.25) is 9.38 Å². The smallest absolute Gasteiger partial charge is 0.138 e. The molecular weight excluding hydrogens is 302 g/mol. The molecule has 0 atom stereocenters. The van der Waals surface area contributed by atoms with Gasteiger partial charge in [-0.15, -0.1) is 0 Å². The Bertz CT molecular complexity index is 787. The van der Waals surface area contributed by atoms with Crippen molar-refractivity contribution in [2.24, 2.45) is 0 Å². The van der Waals surface area contributed by atoms with Crippen LogP contribution in [0.5, 0.6) is 0 Å². The van der Waals surface area contributed by atoms with E-state index >= 15 is 0 Å². The molecule has 0 radical (unpaired) electrons. The van der Waals surface area contributed by atoms with Gasteiger partial charge in [-0.1, -0.05) is 13.0 Å². The van der Waals surface area contributed by atoms with E-state index in [2.05, 4.69) is 33.5 Å². The lowest BCUT2D eigenvalue weighted by Crippen LogP contribution is -1.98. The predicted octanol–water partition coefficient (Wildman–Crippen LogP) is 4.08. The first kappa shape index (κ1) is 11.4. The number of hydrogen-bond acceptors (Lipinski definition) is 2. The van der Waals surface area contributed by atoms with Crippen molar-refractivity contribution in [1.82, 2.24) is 14.4 Å². The van der Waals surface area contributed by atoms with Crippen LogP contribution in [-0.4, -0.2) is 14.4 Å². The van der Waals surface area contributed by atoms with Gasteiger partial charge in [0.15, 0.2) is 0 Å². The molecule has 3 aromatic heterocycles. The monoisotopic (exact) mass is 315 g/mol. The van der Waals surface area contributed by atoms with Crippen molar-refractivity contribution in [2.75, 3.05) is 0 Å². The van der Waals surface area contributed by atoms with Gasteiger partial charge in [0.2, 0.25) is 0 Å². The number of fused-ring (bicyclic) bond motifs is 3. The molecule has 0 spiro atoms. The predicted molar refractivity (Wildman–Crippen MR) is 79.5 cm³/mol. The molecule has 0 aromatic carbocycles. The number of aryl methyl sites for hydroxylation is 1. The molecule has 3 aromatic rings. The third-order valence-corrected chi connectivity index (χ3v) is 4.57. The third-order valence-electron chi connectivity index (χ3n) is 3.79. The number of hydrogen-bond donors (Lipinski definition) is 0. The Labute approximate surface area is 119 Å². The second kappa shape index (κ2) is 4.04. The van der Waals surface area contributed by atoms with E-state index < -0.39 is 0 Å². The fourth-order valence-electron chi connectivity index (χ4n) is 2.65. The number of imidazole rings is 1. The molecule has 3 nitrogen and oxygen atoms in total. The molecule has 0 amide bonds. The second-order valence-corrected chi connectivity index (χ2v) is 5.92. The van der Waals surface area contributed by atoms with Crippen molar-refractivity contribution in [3.8, 4) is 0 Å². The Morgan fingerprint density at radius 1 is 1.32 bits per heavy atom. The van der Waals surface area contributed by atoms with Crippen LogP contribution in [0.3, 0.4) is 0 Å². The van der Waals surface area contributed by atoms with E-state index in [1.165, 1.54) is 24.1 Å². The number of nitrogens with zero attached hydrogens (tertiary/aromatic N) is 3. The van der Waals surface area contributed by atoms with Crippen molar-refractivity contribution in [3.63, 3.8) is 0 Å². The van der Waals surface area contributed by atoms with E-state index in [0.29, 0.717) is 5.92 Å². The van der Waals surface area contributed by atoms with Crippen molar-refractivity contribution >= 4 is 32.6 Å². The van der Waals surface area contributed by atoms with Crippen LogP contribution >= 0.6 is 15.9 Å². The largest absolute Gasteiger partial charge is 0.298 e. The molecule has 19 heavy (non-hydrogen) atoms. The van der Waals surface area contributed by atoms with Crippen LogP contribution in [-0.2, 0) is 6.42 Å². The second-order valence-electron chi connectivity index (χ2n) is 5.12. The summed E-state index contributed by atoms with van der Waals surface area (Å²) in [6.45, 7) is 2.15. The minimum absolute atomic E-state index is 0.637. The van der Waals surface area contributed by atoms with Gasteiger partial charge in [0.05, 0.1) is 21.4 Å². The Balaban J connectivity index is 2.18. The Hall–Kier alpha value is -1.42. The van der Waals surface area contributed by atoms with Gasteiger partial charge < -0.3 is 0 Å².